The summed E-state index contributed by atoms with van der Waals surface area (Å²) in [6.07, 6.45) is 9.35. The Kier molecular flexibility index (Phi) is 5.97. The summed E-state index contributed by atoms with van der Waals surface area (Å²) in [5.41, 5.74) is 7.32. The van der Waals surface area contributed by atoms with Crippen LogP contribution in [-0.2, 0) is 4.74 Å². The molecule has 3 heterocycles. The molecule has 24 heavy (non-hydrogen) atoms. The molecule has 0 amide bonds. The first-order valence-corrected chi connectivity index (χ1v) is 10.5. The first-order chi connectivity index (χ1) is 11.8. The number of hydrazine groups is 1. The maximum absolute atomic E-state index is 6.32. The Morgan fingerprint density at radius 1 is 1.00 bits per heavy atom. The van der Waals surface area contributed by atoms with Crippen molar-refractivity contribution in [3.8, 4) is 0 Å². The third-order valence-corrected chi connectivity index (χ3v) is 7.11. The average molecular weight is 357 g/mol. The van der Waals surface area contributed by atoms with Gasteiger partial charge in [-0.25, -0.2) is 5.43 Å². The topological polar surface area (TPSA) is 57.3 Å². The van der Waals surface area contributed by atoms with Gasteiger partial charge in [0, 0.05) is 37.0 Å². The van der Waals surface area contributed by atoms with Gasteiger partial charge in [-0.3, -0.25) is 10.7 Å². The highest BCUT2D eigenvalue weighted by atomic mass is 35.5. The van der Waals surface area contributed by atoms with Crippen molar-refractivity contribution in [3.63, 3.8) is 0 Å². The van der Waals surface area contributed by atoms with Crippen LogP contribution in [-0.4, -0.2) is 49.9 Å². The molecule has 0 aromatic heterocycles. The predicted molar refractivity (Wildman–Crippen MR) is 96.9 cm³/mol. The van der Waals surface area contributed by atoms with Gasteiger partial charge < -0.3 is 10.1 Å². The lowest BCUT2D eigenvalue weighted by Gasteiger charge is -2.50. The van der Waals surface area contributed by atoms with E-state index in [1.54, 1.807) is 0 Å². The lowest BCUT2D eigenvalue weighted by atomic mass is 9.70. The maximum Gasteiger partial charge on any atom is 0.0749 e. The second kappa shape index (κ2) is 8.19. The fraction of sp³-hybridized carbons (Fsp3) is 1.00. The molecule has 3 saturated heterocycles. The van der Waals surface area contributed by atoms with Crippen molar-refractivity contribution in [3.05, 3.63) is 0 Å². The number of alkyl halides is 1. The summed E-state index contributed by atoms with van der Waals surface area (Å²) in [7, 11) is 0. The average Bonchev–Trinajstić information content (AvgIpc) is 3.14. The number of rotatable bonds is 4. The van der Waals surface area contributed by atoms with E-state index in [0.29, 0.717) is 29.6 Å². The number of halogens is 1. The Bertz CT molecular complexity index is 398. The van der Waals surface area contributed by atoms with Crippen molar-refractivity contribution in [2.24, 2.45) is 17.8 Å². The second-order valence-corrected chi connectivity index (χ2v) is 8.79. The van der Waals surface area contributed by atoms with E-state index in [1.165, 1.54) is 44.9 Å². The van der Waals surface area contributed by atoms with Gasteiger partial charge in [0.2, 0.25) is 0 Å². The van der Waals surface area contributed by atoms with Crippen LogP contribution in [0.25, 0.3) is 0 Å². The van der Waals surface area contributed by atoms with Crippen LogP contribution >= 0.6 is 11.6 Å². The van der Waals surface area contributed by atoms with Gasteiger partial charge in [0.25, 0.3) is 0 Å². The van der Waals surface area contributed by atoms with Crippen molar-refractivity contribution in [2.75, 3.05) is 26.2 Å². The van der Waals surface area contributed by atoms with Gasteiger partial charge in [-0.1, -0.05) is 0 Å². The van der Waals surface area contributed by atoms with Gasteiger partial charge in [-0.15, -0.1) is 11.6 Å². The Labute approximate surface area is 151 Å². The van der Waals surface area contributed by atoms with Crippen molar-refractivity contribution in [1.29, 1.82) is 0 Å². The lowest BCUT2D eigenvalue weighted by molar-refractivity contribution is 0.0250. The Morgan fingerprint density at radius 3 is 2.67 bits per heavy atom. The molecule has 4 N–H and O–H groups in total. The van der Waals surface area contributed by atoms with Gasteiger partial charge in [0.15, 0.2) is 0 Å². The molecule has 0 aromatic carbocycles. The normalized spacial score (nSPS) is 46.6. The van der Waals surface area contributed by atoms with E-state index in [0.717, 1.165) is 38.1 Å². The van der Waals surface area contributed by atoms with Gasteiger partial charge in [-0.2, -0.15) is 0 Å². The van der Waals surface area contributed by atoms with E-state index >= 15 is 0 Å². The SMILES string of the molecule is ClC1CCC(C2NNC(NCC3CCCO3)C3CNCCC32)CC1. The van der Waals surface area contributed by atoms with Gasteiger partial charge >= 0.3 is 0 Å². The van der Waals surface area contributed by atoms with E-state index in [2.05, 4.69) is 21.5 Å². The van der Waals surface area contributed by atoms with E-state index < -0.39 is 0 Å². The Balaban J connectivity index is 1.36. The first-order valence-electron chi connectivity index (χ1n) is 10.0. The molecule has 6 heteroatoms. The summed E-state index contributed by atoms with van der Waals surface area (Å²) in [6.45, 7) is 4.17. The zero-order chi connectivity index (χ0) is 16.4. The van der Waals surface area contributed by atoms with E-state index in [4.69, 9.17) is 16.3 Å². The fourth-order valence-electron chi connectivity index (χ4n) is 5.29. The molecule has 4 rings (SSSR count). The number of piperidine rings is 1. The molecule has 5 nitrogen and oxygen atoms in total. The lowest BCUT2D eigenvalue weighted by Crippen LogP contribution is -2.70. The standard InChI is InChI=1S/C18H33ClN4O/c19-13-5-3-12(4-6-13)17-15-7-8-20-11-16(15)18(23-22-17)21-10-14-2-1-9-24-14/h12-18,20-23H,1-11H2. The summed E-state index contributed by atoms with van der Waals surface area (Å²) in [5.74, 6) is 2.18. The second-order valence-electron chi connectivity index (χ2n) is 8.17. The summed E-state index contributed by atoms with van der Waals surface area (Å²) < 4.78 is 5.77. The summed E-state index contributed by atoms with van der Waals surface area (Å²) in [6, 6.07) is 0.599. The molecular formula is C18H33ClN4O. The smallest absolute Gasteiger partial charge is 0.0749 e. The molecule has 4 aliphatic rings. The minimum Gasteiger partial charge on any atom is -0.377 e. The first kappa shape index (κ1) is 17.5. The van der Waals surface area contributed by atoms with Gasteiger partial charge in [0.1, 0.15) is 0 Å². The predicted octanol–water partition coefficient (Wildman–Crippen LogP) is 1.58. The quantitative estimate of drug-likeness (QED) is 0.576. The number of ether oxygens (including phenoxy) is 1. The van der Waals surface area contributed by atoms with E-state index in [9.17, 15) is 0 Å². The summed E-state index contributed by atoms with van der Waals surface area (Å²) >= 11 is 6.32. The molecule has 3 aliphatic heterocycles. The van der Waals surface area contributed by atoms with Crippen molar-refractivity contribution in [1.82, 2.24) is 21.5 Å². The molecule has 5 unspecified atom stereocenters. The minimum atomic E-state index is 0.340. The Morgan fingerprint density at radius 2 is 1.88 bits per heavy atom. The van der Waals surface area contributed by atoms with Crippen LogP contribution in [0.2, 0.25) is 0 Å². The van der Waals surface area contributed by atoms with Crippen molar-refractivity contribution in [2.45, 2.75) is 68.6 Å². The van der Waals surface area contributed by atoms with E-state index in [1.807, 2.05) is 0 Å². The van der Waals surface area contributed by atoms with Crippen LogP contribution in [0.3, 0.4) is 0 Å². The number of fused-ring (bicyclic) bond motifs is 1. The summed E-state index contributed by atoms with van der Waals surface area (Å²) in [4.78, 5) is 0. The van der Waals surface area contributed by atoms with Gasteiger partial charge in [-0.05, 0) is 63.3 Å². The van der Waals surface area contributed by atoms with Crippen LogP contribution in [0.4, 0.5) is 0 Å². The molecule has 0 bridgehead atoms. The van der Waals surface area contributed by atoms with Crippen LogP contribution in [0.15, 0.2) is 0 Å². The molecule has 1 saturated carbocycles. The van der Waals surface area contributed by atoms with Crippen LogP contribution in [0.1, 0.15) is 44.9 Å². The maximum atomic E-state index is 6.32. The van der Waals surface area contributed by atoms with Crippen LogP contribution in [0.5, 0.6) is 0 Å². The highest BCUT2D eigenvalue weighted by molar-refractivity contribution is 6.20. The molecule has 4 fully saturated rings. The zero-order valence-corrected chi connectivity index (χ0v) is 15.4. The Hall–Kier alpha value is 0.0900. The molecule has 5 atom stereocenters. The summed E-state index contributed by atoms with van der Waals surface area (Å²) in [5, 5.41) is 7.75. The number of nitrogens with one attached hydrogen (secondary N) is 4. The van der Waals surface area contributed by atoms with Crippen molar-refractivity contribution < 1.29 is 4.74 Å². The monoisotopic (exact) mass is 356 g/mol. The third kappa shape index (κ3) is 3.92. The molecule has 0 radical (unpaired) electrons. The van der Waals surface area contributed by atoms with Crippen molar-refractivity contribution >= 4 is 11.6 Å². The molecule has 1 aliphatic carbocycles. The fourth-order valence-corrected chi connectivity index (χ4v) is 5.54. The van der Waals surface area contributed by atoms with Gasteiger partial charge in [0.05, 0.1) is 12.3 Å². The third-order valence-electron chi connectivity index (χ3n) is 6.68. The molecular weight excluding hydrogens is 324 g/mol. The largest absolute Gasteiger partial charge is 0.377 e. The highest BCUT2D eigenvalue weighted by Crippen LogP contribution is 2.38. The minimum absolute atomic E-state index is 0.340. The molecule has 0 aromatic rings. The number of hydrogen-bond acceptors (Lipinski definition) is 5. The van der Waals surface area contributed by atoms with Crippen LogP contribution in [0, 0.1) is 17.8 Å². The number of hydrogen-bond donors (Lipinski definition) is 4. The molecule has 138 valence electrons. The molecule has 0 spiro atoms. The van der Waals surface area contributed by atoms with Crippen LogP contribution < -0.4 is 21.5 Å². The van der Waals surface area contributed by atoms with E-state index in [-0.39, 0.29) is 0 Å². The highest BCUT2D eigenvalue weighted by Gasteiger charge is 2.44. The zero-order valence-electron chi connectivity index (χ0n) is 14.6.